The van der Waals surface area contributed by atoms with Crippen molar-refractivity contribution in [3.05, 3.63) is 72.8 Å². The summed E-state index contributed by atoms with van der Waals surface area (Å²) in [5, 5.41) is 1.74. The van der Waals surface area contributed by atoms with Crippen molar-refractivity contribution < 1.29 is 25.8 Å². The minimum absolute atomic E-state index is 0.0644. The SMILES string of the molecule is CS(=O)(=O)OC1CC(COc2ccccc2)N(S(=O)(=O)c2ccc3ccccc3c2)C1. The van der Waals surface area contributed by atoms with Crippen LogP contribution in [0.25, 0.3) is 10.8 Å². The molecule has 2 atom stereocenters. The van der Waals surface area contributed by atoms with Crippen molar-refractivity contribution in [3.8, 4) is 5.75 Å². The van der Waals surface area contributed by atoms with Gasteiger partial charge in [-0.2, -0.15) is 12.7 Å². The van der Waals surface area contributed by atoms with Crippen LogP contribution < -0.4 is 4.74 Å². The van der Waals surface area contributed by atoms with E-state index in [1.54, 1.807) is 30.3 Å². The van der Waals surface area contributed by atoms with Crippen molar-refractivity contribution in [3.63, 3.8) is 0 Å². The summed E-state index contributed by atoms with van der Waals surface area (Å²) in [7, 11) is -7.62. The third-order valence-electron chi connectivity index (χ3n) is 5.15. The van der Waals surface area contributed by atoms with E-state index in [1.807, 2.05) is 42.5 Å². The molecule has 7 nitrogen and oxygen atoms in total. The van der Waals surface area contributed by atoms with Gasteiger partial charge in [0, 0.05) is 6.54 Å². The number of benzene rings is 3. The molecule has 164 valence electrons. The maximum Gasteiger partial charge on any atom is 0.264 e. The molecule has 1 saturated heterocycles. The molecule has 1 fully saturated rings. The smallest absolute Gasteiger partial charge is 0.264 e. The monoisotopic (exact) mass is 461 g/mol. The minimum Gasteiger partial charge on any atom is -0.492 e. The van der Waals surface area contributed by atoms with Crippen LogP contribution in [0.3, 0.4) is 0 Å². The predicted molar refractivity (Wildman–Crippen MR) is 118 cm³/mol. The number of hydrogen-bond acceptors (Lipinski definition) is 6. The van der Waals surface area contributed by atoms with Crippen molar-refractivity contribution in [2.24, 2.45) is 0 Å². The molecule has 31 heavy (non-hydrogen) atoms. The lowest BCUT2D eigenvalue weighted by Crippen LogP contribution is -2.39. The maximum atomic E-state index is 13.5. The van der Waals surface area contributed by atoms with Crippen molar-refractivity contribution in [1.82, 2.24) is 4.31 Å². The summed E-state index contributed by atoms with van der Waals surface area (Å²) < 4.78 is 62.4. The van der Waals surface area contributed by atoms with Crippen LogP contribution in [0.2, 0.25) is 0 Å². The fraction of sp³-hybridized carbons (Fsp3) is 0.273. The van der Waals surface area contributed by atoms with Gasteiger partial charge in [0.2, 0.25) is 10.0 Å². The third-order valence-corrected chi connectivity index (χ3v) is 7.69. The Bertz CT molecular complexity index is 1280. The van der Waals surface area contributed by atoms with Gasteiger partial charge in [0.1, 0.15) is 12.4 Å². The Hall–Kier alpha value is -2.46. The first-order valence-corrected chi connectivity index (χ1v) is 13.0. The van der Waals surface area contributed by atoms with E-state index in [4.69, 9.17) is 8.92 Å². The first-order valence-electron chi connectivity index (χ1n) is 9.79. The molecule has 1 aliphatic rings. The lowest BCUT2D eigenvalue weighted by molar-refractivity contribution is 0.219. The second-order valence-corrected chi connectivity index (χ2v) is 11.0. The highest BCUT2D eigenvalue weighted by Gasteiger charge is 2.42. The molecule has 1 heterocycles. The van der Waals surface area contributed by atoms with Gasteiger partial charge in [0.05, 0.1) is 23.3 Å². The van der Waals surface area contributed by atoms with Crippen LogP contribution in [0.15, 0.2) is 77.7 Å². The van der Waals surface area contributed by atoms with Crippen LogP contribution in [-0.2, 0) is 24.3 Å². The van der Waals surface area contributed by atoms with Gasteiger partial charge in [-0.15, -0.1) is 0 Å². The summed E-state index contributed by atoms with van der Waals surface area (Å²) in [6.07, 6.45) is 0.407. The van der Waals surface area contributed by atoms with Crippen molar-refractivity contribution in [1.29, 1.82) is 0 Å². The maximum absolute atomic E-state index is 13.5. The molecule has 2 unspecified atom stereocenters. The molecule has 9 heteroatoms. The van der Waals surface area contributed by atoms with Crippen molar-refractivity contribution in [2.45, 2.75) is 23.5 Å². The predicted octanol–water partition coefficient (Wildman–Crippen LogP) is 3.03. The van der Waals surface area contributed by atoms with Gasteiger partial charge in [-0.05, 0) is 41.5 Å². The van der Waals surface area contributed by atoms with E-state index < -0.39 is 32.3 Å². The third kappa shape index (κ3) is 5.07. The lowest BCUT2D eigenvalue weighted by atomic mass is 10.1. The standard InChI is InChI=1S/C22H23NO6S2/c1-30(24,25)29-21-14-19(16-28-20-9-3-2-4-10-20)23(15-21)31(26,27)22-12-11-17-7-5-6-8-18(17)13-22/h2-13,19,21H,14-16H2,1H3. The summed E-state index contributed by atoms with van der Waals surface area (Å²) in [4.78, 5) is 0.149. The van der Waals surface area contributed by atoms with Gasteiger partial charge in [-0.1, -0.05) is 48.5 Å². The largest absolute Gasteiger partial charge is 0.492 e. The fourth-order valence-corrected chi connectivity index (χ4v) is 6.10. The molecule has 3 aromatic rings. The van der Waals surface area contributed by atoms with E-state index >= 15 is 0 Å². The number of rotatable bonds is 7. The summed E-state index contributed by atoms with van der Waals surface area (Å²) in [5.74, 6) is 0.609. The first kappa shape index (κ1) is 21.8. The van der Waals surface area contributed by atoms with Gasteiger partial charge >= 0.3 is 0 Å². The van der Waals surface area contributed by atoms with Crippen molar-refractivity contribution in [2.75, 3.05) is 19.4 Å². The molecule has 0 bridgehead atoms. The molecule has 0 radical (unpaired) electrons. The Morgan fingerprint density at radius 1 is 0.903 bits per heavy atom. The van der Waals surface area contributed by atoms with Crippen LogP contribution in [0.1, 0.15) is 6.42 Å². The van der Waals surface area contributed by atoms with Gasteiger partial charge in [0.15, 0.2) is 0 Å². The van der Waals surface area contributed by atoms with Crippen LogP contribution in [0, 0.1) is 0 Å². The Balaban J connectivity index is 1.63. The average Bonchev–Trinajstić information content (AvgIpc) is 3.14. The lowest BCUT2D eigenvalue weighted by Gasteiger charge is -2.24. The topological polar surface area (TPSA) is 90.0 Å². The van der Waals surface area contributed by atoms with Gasteiger partial charge in [-0.3, -0.25) is 4.18 Å². The Kier molecular flexibility index (Phi) is 6.02. The minimum atomic E-state index is -3.89. The number of ether oxygens (including phenoxy) is 1. The van der Waals surface area contributed by atoms with Gasteiger partial charge < -0.3 is 4.74 Å². The number of nitrogens with zero attached hydrogens (tertiary/aromatic N) is 1. The fourth-order valence-electron chi connectivity index (χ4n) is 3.78. The number of hydrogen-bond donors (Lipinski definition) is 0. The average molecular weight is 462 g/mol. The molecule has 0 aliphatic carbocycles. The van der Waals surface area contributed by atoms with Crippen LogP contribution in [0.5, 0.6) is 5.75 Å². The second kappa shape index (κ2) is 8.58. The molecule has 0 spiro atoms. The van der Waals surface area contributed by atoms with E-state index in [2.05, 4.69) is 0 Å². The van der Waals surface area contributed by atoms with E-state index in [0.717, 1.165) is 17.0 Å². The Morgan fingerprint density at radius 2 is 1.58 bits per heavy atom. The summed E-state index contributed by atoms with van der Waals surface area (Å²) >= 11 is 0. The molecule has 1 aliphatic heterocycles. The van der Waals surface area contributed by atoms with E-state index in [9.17, 15) is 16.8 Å². The quantitative estimate of drug-likeness (QED) is 0.503. The molecular formula is C22H23NO6S2. The zero-order chi connectivity index (χ0) is 22.1. The highest BCUT2D eigenvalue weighted by molar-refractivity contribution is 7.89. The van der Waals surface area contributed by atoms with Crippen LogP contribution in [0.4, 0.5) is 0 Å². The van der Waals surface area contributed by atoms with E-state index in [-0.39, 0.29) is 24.5 Å². The molecule has 0 N–H and O–H groups in total. The summed E-state index contributed by atoms with van der Waals surface area (Å²) in [6, 6.07) is 21.0. The Labute approximate surface area is 182 Å². The van der Waals surface area contributed by atoms with Gasteiger partial charge in [-0.25, -0.2) is 8.42 Å². The molecule has 0 amide bonds. The van der Waals surface area contributed by atoms with Crippen LogP contribution >= 0.6 is 0 Å². The molecule has 4 rings (SSSR count). The zero-order valence-electron chi connectivity index (χ0n) is 16.9. The molecule has 0 aromatic heterocycles. The normalized spacial score (nSPS) is 20.2. The van der Waals surface area contributed by atoms with E-state index in [0.29, 0.717) is 5.75 Å². The number of para-hydroxylation sites is 1. The number of fused-ring (bicyclic) bond motifs is 1. The molecule has 0 saturated carbocycles. The van der Waals surface area contributed by atoms with Crippen LogP contribution in [-0.4, -0.2) is 52.7 Å². The van der Waals surface area contributed by atoms with Gasteiger partial charge in [0.25, 0.3) is 10.1 Å². The zero-order valence-corrected chi connectivity index (χ0v) is 18.6. The van der Waals surface area contributed by atoms with E-state index in [1.165, 1.54) is 4.31 Å². The Morgan fingerprint density at radius 3 is 2.29 bits per heavy atom. The highest BCUT2D eigenvalue weighted by atomic mass is 32.2. The molecule has 3 aromatic carbocycles. The number of sulfonamides is 1. The second-order valence-electron chi connectivity index (χ2n) is 7.52. The summed E-state index contributed by atoms with van der Waals surface area (Å²) in [5.41, 5.74) is 0. The summed E-state index contributed by atoms with van der Waals surface area (Å²) in [6.45, 7) is 0.0193. The highest BCUT2D eigenvalue weighted by Crippen LogP contribution is 2.30. The molecular weight excluding hydrogens is 438 g/mol. The van der Waals surface area contributed by atoms with Crippen molar-refractivity contribution >= 4 is 30.9 Å². The first-order chi connectivity index (χ1) is 14.7.